The number of rotatable bonds is 6. The second-order valence-corrected chi connectivity index (χ2v) is 3.87. The fourth-order valence-electron chi connectivity index (χ4n) is 1.13. The third-order valence-electron chi connectivity index (χ3n) is 1.96. The Hall–Kier alpha value is -0.480. The zero-order valence-corrected chi connectivity index (χ0v) is 9.15. The number of aryl methyl sites for hydroxylation is 1. The number of nitrogens with one attached hydrogen (secondary N) is 1. The molecule has 0 amide bonds. The van der Waals surface area contributed by atoms with Crippen LogP contribution < -0.4 is 5.32 Å². The predicted octanol–water partition coefficient (Wildman–Crippen LogP) is 1.99. The molecule has 0 aliphatic rings. The van der Waals surface area contributed by atoms with Crippen molar-refractivity contribution in [2.75, 3.05) is 6.54 Å². The van der Waals surface area contributed by atoms with Gasteiger partial charge in [-0.3, -0.25) is 0 Å². The van der Waals surface area contributed by atoms with Crippen molar-refractivity contribution >= 4 is 11.5 Å². The molecular formula is C9H17N3S. The van der Waals surface area contributed by atoms with Gasteiger partial charge in [-0.1, -0.05) is 24.8 Å². The summed E-state index contributed by atoms with van der Waals surface area (Å²) in [4.78, 5) is 1.29. The summed E-state index contributed by atoms with van der Waals surface area (Å²) in [6.45, 7) is 6.35. The third kappa shape index (κ3) is 3.40. The minimum Gasteiger partial charge on any atom is -0.312 e. The Bertz CT molecular complexity index is 235. The van der Waals surface area contributed by atoms with Gasteiger partial charge >= 0.3 is 0 Å². The molecule has 1 N–H and O–H groups in total. The number of aromatic nitrogens is 2. The predicted molar refractivity (Wildman–Crippen MR) is 55.9 cm³/mol. The molecule has 1 heterocycles. The Kier molecular flexibility index (Phi) is 4.93. The molecule has 0 atom stereocenters. The molecule has 0 fully saturated rings. The molecule has 0 aromatic carbocycles. The number of unbranched alkanes of at least 4 members (excludes halogenated alkanes) is 1. The van der Waals surface area contributed by atoms with Crippen LogP contribution in [0, 0.1) is 0 Å². The highest BCUT2D eigenvalue weighted by Crippen LogP contribution is 2.10. The first-order valence-corrected chi connectivity index (χ1v) is 5.66. The fraction of sp³-hybridized carbons (Fsp3) is 0.778. The van der Waals surface area contributed by atoms with Gasteiger partial charge in [0.15, 0.2) is 0 Å². The van der Waals surface area contributed by atoms with Gasteiger partial charge in [0.05, 0.1) is 10.6 Å². The second-order valence-electron chi connectivity index (χ2n) is 3.03. The molecule has 1 aromatic rings. The SMILES string of the molecule is CCCCNCc1snnc1CC. The van der Waals surface area contributed by atoms with E-state index in [-0.39, 0.29) is 0 Å². The normalized spacial score (nSPS) is 10.6. The first-order chi connectivity index (χ1) is 6.38. The maximum atomic E-state index is 4.06. The van der Waals surface area contributed by atoms with Gasteiger partial charge in [0.25, 0.3) is 0 Å². The lowest BCUT2D eigenvalue weighted by Crippen LogP contribution is -2.14. The van der Waals surface area contributed by atoms with E-state index >= 15 is 0 Å². The van der Waals surface area contributed by atoms with Gasteiger partial charge in [0.2, 0.25) is 0 Å². The lowest BCUT2D eigenvalue weighted by atomic mass is 10.3. The van der Waals surface area contributed by atoms with E-state index in [0.29, 0.717) is 0 Å². The summed E-state index contributed by atoms with van der Waals surface area (Å²) < 4.78 is 3.94. The molecule has 0 radical (unpaired) electrons. The zero-order chi connectivity index (χ0) is 9.52. The molecular weight excluding hydrogens is 182 g/mol. The largest absolute Gasteiger partial charge is 0.312 e. The first-order valence-electron chi connectivity index (χ1n) is 4.89. The van der Waals surface area contributed by atoms with E-state index < -0.39 is 0 Å². The van der Waals surface area contributed by atoms with E-state index in [4.69, 9.17) is 0 Å². The fourth-order valence-corrected chi connectivity index (χ4v) is 1.83. The zero-order valence-electron chi connectivity index (χ0n) is 8.34. The van der Waals surface area contributed by atoms with Crippen LogP contribution in [0.3, 0.4) is 0 Å². The van der Waals surface area contributed by atoms with E-state index in [9.17, 15) is 0 Å². The highest BCUT2D eigenvalue weighted by atomic mass is 32.1. The van der Waals surface area contributed by atoms with E-state index in [1.807, 2.05) is 0 Å². The second kappa shape index (κ2) is 6.05. The lowest BCUT2D eigenvalue weighted by Gasteiger charge is -2.01. The molecule has 1 aromatic heterocycles. The summed E-state index contributed by atoms with van der Waals surface area (Å²) in [6.07, 6.45) is 3.48. The lowest BCUT2D eigenvalue weighted by molar-refractivity contribution is 0.642. The maximum absolute atomic E-state index is 4.06. The van der Waals surface area contributed by atoms with Gasteiger partial charge in [-0.15, -0.1) is 5.10 Å². The van der Waals surface area contributed by atoms with E-state index in [2.05, 4.69) is 28.8 Å². The Morgan fingerprint density at radius 3 is 2.92 bits per heavy atom. The van der Waals surface area contributed by atoms with Gasteiger partial charge in [-0.05, 0) is 30.9 Å². The molecule has 0 unspecified atom stereocenters. The maximum Gasteiger partial charge on any atom is 0.0797 e. The van der Waals surface area contributed by atoms with Crippen LogP contribution in [0.2, 0.25) is 0 Å². The Morgan fingerprint density at radius 2 is 2.23 bits per heavy atom. The average Bonchev–Trinajstić information content (AvgIpc) is 2.60. The monoisotopic (exact) mass is 199 g/mol. The molecule has 74 valence electrons. The van der Waals surface area contributed by atoms with Gasteiger partial charge in [-0.25, -0.2) is 0 Å². The molecule has 0 aliphatic carbocycles. The minimum atomic E-state index is 0.931. The van der Waals surface area contributed by atoms with Crippen LogP contribution in [-0.4, -0.2) is 16.1 Å². The van der Waals surface area contributed by atoms with E-state index in [1.54, 1.807) is 0 Å². The van der Waals surface area contributed by atoms with Crippen molar-refractivity contribution in [1.82, 2.24) is 14.9 Å². The molecule has 0 aliphatic heterocycles. The van der Waals surface area contributed by atoms with Crippen molar-refractivity contribution in [3.8, 4) is 0 Å². The van der Waals surface area contributed by atoms with Crippen molar-refractivity contribution in [3.63, 3.8) is 0 Å². The Morgan fingerprint density at radius 1 is 1.38 bits per heavy atom. The van der Waals surface area contributed by atoms with Gasteiger partial charge in [0.1, 0.15) is 0 Å². The van der Waals surface area contributed by atoms with Crippen molar-refractivity contribution in [1.29, 1.82) is 0 Å². The van der Waals surface area contributed by atoms with E-state index in [0.717, 1.165) is 25.2 Å². The summed E-state index contributed by atoms with van der Waals surface area (Å²) in [7, 11) is 0. The third-order valence-corrected chi connectivity index (χ3v) is 2.73. The quantitative estimate of drug-likeness (QED) is 0.712. The summed E-state index contributed by atoms with van der Waals surface area (Å²) in [5, 5.41) is 7.46. The molecule has 0 bridgehead atoms. The minimum absolute atomic E-state index is 0.931. The molecule has 4 heteroatoms. The molecule has 3 nitrogen and oxygen atoms in total. The van der Waals surface area contributed by atoms with Crippen molar-refractivity contribution in [3.05, 3.63) is 10.6 Å². The van der Waals surface area contributed by atoms with Crippen molar-refractivity contribution in [2.24, 2.45) is 0 Å². The molecule has 1 rings (SSSR count). The Balaban J connectivity index is 2.27. The van der Waals surface area contributed by atoms with Gasteiger partial charge in [-0.2, -0.15) is 0 Å². The number of hydrogen-bond donors (Lipinski definition) is 1. The molecule has 0 saturated heterocycles. The van der Waals surface area contributed by atoms with Crippen LogP contribution in [-0.2, 0) is 13.0 Å². The smallest absolute Gasteiger partial charge is 0.0797 e. The first kappa shape index (κ1) is 10.6. The topological polar surface area (TPSA) is 37.8 Å². The van der Waals surface area contributed by atoms with Gasteiger partial charge in [0, 0.05) is 6.54 Å². The van der Waals surface area contributed by atoms with Crippen LogP contribution in [0.4, 0.5) is 0 Å². The summed E-state index contributed by atoms with van der Waals surface area (Å²) in [6, 6.07) is 0. The highest BCUT2D eigenvalue weighted by molar-refractivity contribution is 7.05. The van der Waals surface area contributed by atoms with Crippen molar-refractivity contribution < 1.29 is 0 Å². The summed E-state index contributed by atoms with van der Waals surface area (Å²) in [5.74, 6) is 0. The molecule has 0 spiro atoms. The molecule has 0 saturated carbocycles. The Labute approximate surface area is 83.7 Å². The van der Waals surface area contributed by atoms with Crippen molar-refractivity contribution in [2.45, 2.75) is 39.7 Å². The number of nitrogens with zero attached hydrogens (tertiary/aromatic N) is 2. The van der Waals surface area contributed by atoms with Crippen LogP contribution in [0.5, 0.6) is 0 Å². The van der Waals surface area contributed by atoms with Crippen LogP contribution in [0.1, 0.15) is 37.3 Å². The summed E-state index contributed by atoms with van der Waals surface area (Å²) in [5.41, 5.74) is 1.15. The summed E-state index contributed by atoms with van der Waals surface area (Å²) >= 11 is 1.51. The van der Waals surface area contributed by atoms with Crippen LogP contribution >= 0.6 is 11.5 Å². The van der Waals surface area contributed by atoms with Crippen LogP contribution in [0.15, 0.2) is 0 Å². The number of hydrogen-bond acceptors (Lipinski definition) is 4. The molecule has 13 heavy (non-hydrogen) atoms. The van der Waals surface area contributed by atoms with Crippen LogP contribution in [0.25, 0.3) is 0 Å². The standard InChI is InChI=1S/C9H17N3S/c1-3-5-6-10-7-9-8(4-2)11-12-13-9/h10H,3-7H2,1-2H3. The van der Waals surface area contributed by atoms with E-state index in [1.165, 1.54) is 29.3 Å². The van der Waals surface area contributed by atoms with Gasteiger partial charge < -0.3 is 5.32 Å². The highest BCUT2D eigenvalue weighted by Gasteiger charge is 2.03. The average molecular weight is 199 g/mol.